The molecule has 29 heavy (non-hydrogen) atoms. The summed E-state index contributed by atoms with van der Waals surface area (Å²) in [5, 5.41) is 3.95. The minimum atomic E-state index is -4.82. The molecule has 3 aliphatic rings. The van der Waals surface area contributed by atoms with Gasteiger partial charge in [-0.25, -0.2) is 10.3 Å². The molecule has 2 bridgehead atoms. The van der Waals surface area contributed by atoms with E-state index >= 15 is 0 Å². The predicted molar refractivity (Wildman–Crippen MR) is 97.4 cm³/mol. The summed E-state index contributed by atoms with van der Waals surface area (Å²) in [6, 6.07) is 2.25. The van der Waals surface area contributed by atoms with Gasteiger partial charge in [0.25, 0.3) is 5.91 Å². The normalized spacial score (nSPS) is 29.5. The van der Waals surface area contributed by atoms with Crippen molar-refractivity contribution in [2.45, 2.75) is 43.4 Å². The van der Waals surface area contributed by atoms with Gasteiger partial charge in [0.05, 0.1) is 12.6 Å². The van der Waals surface area contributed by atoms with Crippen LogP contribution in [0.3, 0.4) is 0 Å². The fourth-order valence-electron chi connectivity index (χ4n) is 4.13. The number of nitrogens with one attached hydrogen (secondary N) is 2. The Hall–Kier alpha value is -2.19. The molecule has 4 rings (SSSR count). The zero-order valence-corrected chi connectivity index (χ0v) is 16.3. The maximum absolute atomic E-state index is 12.5. The van der Waals surface area contributed by atoms with Crippen molar-refractivity contribution in [3.05, 3.63) is 24.5 Å². The molecule has 4 heterocycles. The van der Waals surface area contributed by atoms with Crippen molar-refractivity contribution >= 4 is 22.3 Å². The Kier molecular flexibility index (Phi) is 5.48. The molecule has 4 atom stereocenters. The molecule has 0 spiro atoms. The van der Waals surface area contributed by atoms with Crippen LogP contribution in [0.4, 0.5) is 4.79 Å². The number of piperidine rings is 1. The van der Waals surface area contributed by atoms with Gasteiger partial charge >= 0.3 is 16.4 Å². The topological polar surface area (TPSA) is 142 Å². The van der Waals surface area contributed by atoms with Crippen LogP contribution >= 0.6 is 0 Å². The van der Waals surface area contributed by atoms with Gasteiger partial charge in [-0.15, -0.1) is 4.28 Å². The molecule has 1 aromatic rings. The van der Waals surface area contributed by atoms with Crippen LogP contribution < -0.4 is 10.8 Å². The molecular formula is C16H23N5O7S. The number of amides is 3. The maximum Gasteiger partial charge on any atom is 0.418 e. The van der Waals surface area contributed by atoms with E-state index in [2.05, 4.69) is 19.6 Å². The molecule has 3 N–H and O–H groups in total. The van der Waals surface area contributed by atoms with E-state index in [-0.39, 0.29) is 19.2 Å². The fraction of sp³-hybridized carbons (Fsp3) is 0.625. The number of hydrogen-bond acceptors (Lipinski definition) is 7. The first-order valence-corrected chi connectivity index (χ1v) is 10.7. The van der Waals surface area contributed by atoms with Gasteiger partial charge in [-0.05, 0) is 31.4 Å². The minimum Gasteiger partial charge on any atom is -0.350 e. The van der Waals surface area contributed by atoms with Crippen LogP contribution in [-0.2, 0) is 24.3 Å². The van der Waals surface area contributed by atoms with Crippen LogP contribution in [0.2, 0.25) is 0 Å². The van der Waals surface area contributed by atoms with Gasteiger partial charge in [-0.2, -0.15) is 13.5 Å². The Morgan fingerprint density at radius 2 is 2.03 bits per heavy atom. The molecular weight excluding hydrogens is 406 g/mol. The van der Waals surface area contributed by atoms with E-state index in [9.17, 15) is 18.0 Å². The van der Waals surface area contributed by atoms with E-state index < -0.39 is 34.4 Å². The van der Waals surface area contributed by atoms with Gasteiger partial charge in [0, 0.05) is 37.6 Å². The maximum atomic E-state index is 12.5. The zero-order chi connectivity index (χ0) is 20.6. The molecule has 12 nitrogen and oxygen atoms in total. The summed E-state index contributed by atoms with van der Waals surface area (Å²) in [7, 11) is -4.82. The van der Waals surface area contributed by atoms with E-state index in [4.69, 9.17) is 9.39 Å². The molecule has 3 fully saturated rings. The van der Waals surface area contributed by atoms with Crippen molar-refractivity contribution in [2.75, 3.05) is 19.7 Å². The molecule has 160 valence electrons. The summed E-state index contributed by atoms with van der Waals surface area (Å²) >= 11 is 0. The third kappa shape index (κ3) is 4.38. The monoisotopic (exact) mass is 429 g/mol. The van der Waals surface area contributed by atoms with Gasteiger partial charge in [0.1, 0.15) is 6.04 Å². The lowest BCUT2D eigenvalue weighted by molar-refractivity contribution is -0.139. The average Bonchev–Trinajstić information content (AvgIpc) is 3.39. The lowest BCUT2D eigenvalue weighted by atomic mass is 10.0. The number of nitrogens with zero attached hydrogens (tertiary/aromatic N) is 3. The summed E-state index contributed by atoms with van der Waals surface area (Å²) in [6.45, 7) is 1.23. The van der Waals surface area contributed by atoms with Gasteiger partial charge in [0.2, 0.25) is 0 Å². The van der Waals surface area contributed by atoms with Crippen LogP contribution in [0, 0.1) is 0 Å². The SMILES string of the molecule is O=C(NOC[C@H]1C[C@@H](n2cccc2)CN1)[C@@H]1CC[C@@H]2CN1C(=O)N2OS(=O)(=O)O. The van der Waals surface area contributed by atoms with Crippen LogP contribution in [0.1, 0.15) is 25.3 Å². The van der Waals surface area contributed by atoms with Gasteiger partial charge in [-0.3, -0.25) is 14.2 Å². The number of aromatic nitrogens is 1. The quantitative estimate of drug-likeness (QED) is 0.387. The summed E-state index contributed by atoms with van der Waals surface area (Å²) in [5.41, 5.74) is 2.39. The molecule has 1 aromatic heterocycles. The lowest BCUT2D eigenvalue weighted by Crippen LogP contribution is -2.50. The molecule has 0 aromatic carbocycles. The van der Waals surface area contributed by atoms with Gasteiger partial charge < -0.3 is 14.8 Å². The molecule has 3 amide bonds. The average molecular weight is 429 g/mol. The standard InChI is InChI=1S/C16H23N5O7S/c22-15(18-27-10-11-7-13(8-17-11)19-5-1-2-6-19)14-4-3-12-9-20(14)16(23)21(12)28-29(24,25)26/h1-2,5-6,11-14,17H,3-4,7-10H2,(H,18,22)(H,24,25,26)/t11-,12-,13-,14+/m1/s1. The molecule has 3 aliphatic heterocycles. The Morgan fingerprint density at radius 3 is 2.76 bits per heavy atom. The number of carbonyl (C=O) groups excluding carboxylic acids is 2. The number of fused-ring (bicyclic) bond motifs is 2. The summed E-state index contributed by atoms with van der Waals surface area (Å²) in [5.74, 6) is -0.481. The van der Waals surface area contributed by atoms with E-state index in [1.807, 2.05) is 24.5 Å². The second-order valence-corrected chi connectivity index (χ2v) is 8.42. The lowest BCUT2D eigenvalue weighted by Gasteiger charge is -2.29. The molecule has 0 radical (unpaired) electrons. The number of urea groups is 1. The van der Waals surface area contributed by atoms with Crippen molar-refractivity contribution in [3.63, 3.8) is 0 Å². The summed E-state index contributed by atoms with van der Waals surface area (Å²) < 4.78 is 37.1. The molecule has 3 saturated heterocycles. The third-order valence-electron chi connectivity index (χ3n) is 5.51. The van der Waals surface area contributed by atoms with Gasteiger partial charge in [-0.1, -0.05) is 0 Å². The molecule has 0 unspecified atom stereocenters. The number of hydrogen-bond donors (Lipinski definition) is 3. The van der Waals surface area contributed by atoms with Crippen LogP contribution in [0.15, 0.2) is 24.5 Å². The Bertz CT molecular complexity index is 861. The van der Waals surface area contributed by atoms with Crippen molar-refractivity contribution in [2.24, 2.45) is 0 Å². The summed E-state index contributed by atoms with van der Waals surface area (Å²) in [6.07, 6.45) is 5.57. The largest absolute Gasteiger partial charge is 0.418 e. The molecule has 13 heteroatoms. The second kappa shape index (κ2) is 7.91. The predicted octanol–water partition coefficient (Wildman–Crippen LogP) is -0.558. The van der Waals surface area contributed by atoms with E-state index in [0.29, 0.717) is 23.9 Å². The number of carbonyl (C=O) groups is 2. The fourth-order valence-corrected chi connectivity index (χ4v) is 4.52. The smallest absolute Gasteiger partial charge is 0.350 e. The number of hydroxylamine groups is 3. The van der Waals surface area contributed by atoms with Crippen molar-refractivity contribution in [1.82, 2.24) is 25.3 Å². The first-order chi connectivity index (χ1) is 13.8. The summed E-state index contributed by atoms with van der Waals surface area (Å²) in [4.78, 5) is 31.4. The van der Waals surface area contributed by atoms with Gasteiger partial charge in [0.15, 0.2) is 0 Å². The highest BCUT2D eigenvalue weighted by molar-refractivity contribution is 7.80. The Balaban J connectivity index is 1.25. The number of rotatable bonds is 7. The van der Waals surface area contributed by atoms with E-state index in [1.165, 1.54) is 4.90 Å². The minimum absolute atomic E-state index is 0.0884. The highest BCUT2D eigenvalue weighted by Gasteiger charge is 2.49. The van der Waals surface area contributed by atoms with E-state index in [1.54, 1.807) is 0 Å². The first kappa shape index (κ1) is 20.1. The Morgan fingerprint density at radius 1 is 1.28 bits per heavy atom. The van der Waals surface area contributed by atoms with Crippen LogP contribution in [-0.4, -0.2) is 77.3 Å². The zero-order valence-electron chi connectivity index (χ0n) is 15.5. The van der Waals surface area contributed by atoms with Crippen molar-refractivity contribution < 1.29 is 31.7 Å². The molecule has 0 saturated carbocycles. The van der Waals surface area contributed by atoms with Crippen LogP contribution in [0.25, 0.3) is 0 Å². The van der Waals surface area contributed by atoms with Crippen molar-refractivity contribution in [3.8, 4) is 0 Å². The van der Waals surface area contributed by atoms with E-state index in [0.717, 1.165) is 13.0 Å². The highest BCUT2D eigenvalue weighted by atomic mass is 32.3. The van der Waals surface area contributed by atoms with Crippen molar-refractivity contribution in [1.29, 1.82) is 0 Å². The molecule has 0 aliphatic carbocycles. The van der Waals surface area contributed by atoms with Crippen LogP contribution in [0.5, 0.6) is 0 Å². The third-order valence-corrected chi connectivity index (χ3v) is 5.85. The highest BCUT2D eigenvalue weighted by Crippen LogP contribution is 2.30. The second-order valence-electron chi connectivity index (χ2n) is 7.41. The first-order valence-electron chi connectivity index (χ1n) is 9.36. The Labute approximate surface area is 167 Å².